The Morgan fingerprint density at radius 1 is 1.62 bits per heavy atom. The molecule has 4 nitrogen and oxygen atoms in total. The molecule has 16 heavy (non-hydrogen) atoms. The van der Waals surface area contributed by atoms with Gasteiger partial charge in [-0.15, -0.1) is 0 Å². The molecule has 1 unspecified atom stereocenters. The number of halogens is 1. The molecule has 2 heterocycles. The van der Waals surface area contributed by atoms with Crippen molar-refractivity contribution in [3.63, 3.8) is 0 Å². The molecule has 2 rings (SSSR count). The van der Waals surface area contributed by atoms with Crippen molar-refractivity contribution < 1.29 is 4.74 Å². The molecule has 88 valence electrons. The molecular weight excluding hydrogens is 270 g/mol. The zero-order chi connectivity index (χ0) is 11.4. The number of rotatable bonds is 3. The second-order valence-corrected chi connectivity index (χ2v) is 4.71. The highest BCUT2D eigenvalue weighted by molar-refractivity contribution is 9.10. The number of ether oxygens (including phenoxy) is 1. The van der Waals surface area contributed by atoms with Gasteiger partial charge in [0.05, 0.1) is 10.6 Å². The predicted octanol–water partition coefficient (Wildman–Crippen LogP) is 2.24. The molecule has 0 N–H and O–H groups in total. The molecule has 0 radical (unpaired) electrons. The van der Waals surface area contributed by atoms with Crippen LogP contribution in [0, 0.1) is 0 Å². The van der Waals surface area contributed by atoms with Gasteiger partial charge in [-0.3, -0.25) is 0 Å². The molecule has 1 aromatic heterocycles. The van der Waals surface area contributed by atoms with Gasteiger partial charge in [0.1, 0.15) is 12.1 Å². The third-order valence-corrected chi connectivity index (χ3v) is 3.29. The minimum atomic E-state index is 0.334. The van der Waals surface area contributed by atoms with Gasteiger partial charge in [-0.2, -0.15) is 0 Å². The summed E-state index contributed by atoms with van der Waals surface area (Å²) in [6.45, 7) is 4.78. The minimum Gasteiger partial charge on any atom is -0.377 e. The summed E-state index contributed by atoms with van der Waals surface area (Å²) in [4.78, 5) is 10.5. The van der Waals surface area contributed by atoms with Crippen molar-refractivity contribution in [1.29, 1.82) is 0 Å². The van der Waals surface area contributed by atoms with Gasteiger partial charge < -0.3 is 9.64 Å². The molecule has 0 bridgehead atoms. The van der Waals surface area contributed by atoms with E-state index >= 15 is 0 Å². The molecular formula is C11H16BrN3O. The fourth-order valence-corrected chi connectivity index (χ4v) is 2.51. The second kappa shape index (κ2) is 5.59. The monoisotopic (exact) mass is 285 g/mol. The zero-order valence-electron chi connectivity index (χ0n) is 9.40. The van der Waals surface area contributed by atoms with Gasteiger partial charge in [0.2, 0.25) is 0 Å². The summed E-state index contributed by atoms with van der Waals surface area (Å²) in [5, 5.41) is 0. The molecule has 0 saturated carbocycles. The first-order valence-electron chi connectivity index (χ1n) is 5.63. The Hall–Kier alpha value is -0.680. The lowest BCUT2D eigenvalue weighted by atomic mass is 10.1. The number of aromatic nitrogens is 2. The highest BCUT2D eigenvalue weighted by Gasteiger charge is 2.22. The normalized spacial score (nSPS) is 21.1. The molecule has 0 aromatic carbocycles. The van der Waals surface area contributed by atoms with Gasteiger partial charge in [0.25, 0.3) is 0 Å². The van der Waals surface area contributed by atoms with Crippen LogP contribution in [0.3, 0.4) is 0 Å². The van der Waals surface area contributed by atoms with Crippen LogP contribution in [0.5, 0.6) is 0 Å². The Kier molecular flexibility index (Phi) is 4.12. The van der Waals surface area contributed by atoms with Gasteiger partial charge >= 0.3 is 0 Å². The first kappa shape index (κ1) is 11.8. The van der Waals surface area contributed by atoms with E-state index in [1.807, 2.05) is 6.92 Å². The van der Waals surface area contributed by atoms with Gasteiger partial charge in [-0.1, -0.05) is 0 Å². The second-order valence-electron chi connectivity index (χ2n) is 3.86. The van der Waals surface area contributed by atoms with E-state index in [0.717, 1.165) is 42.8 Å². The Labute approximate surface area is 104 Å². The van der Waals surface area contributed by atoms with E-state index in [1.54, 1.807) is 12.5 Å². The van der Waals surface area contributed by atoms with Gasteiger partial charge in [0.15, 0.2) is 0 Å². The molecule has 0 spiro atoms. The quantitative estimate of drug-likeness (QED) is 0.854. The van der Waals surface area contributed by atoms with Crippen molar-refractivity contribution in [2.45, 2.75) is 25.9 Å². The summed E-state index contributed by atoms with van der Waals surface area (Å²) < 4.78 is 6.63. The molecule has 1 saturated heterocycles. The Morgan fingerprint density at radius 3 is 3.25 bits per heavy atom. The Balaban J connectivity index is 2.07. The Morgan fingerprint density at radius 2 is 2.50 bits per heavy atom. The zero-order valence-corrected chi connectivity index (χ0v) is 11.0. The van der Waals surface area contributed by atoms with Crippen LogP contribution in [0.1, 0.15) is 19.8 Å². The van der Waals surface area contributed by atoms with Crippen LogP contribution >= 0.6 is 15.9 Å². The summed E-state index contributed by atoms with van der Waals surface area (Å²) >= 11 is 3.48. The maximum Gasteiger partial charge on any atom is 0.146 e. The van der Waals surface area contributed by atoms with Crippen LogP contribution in [-0.4, -0.2) is 35.8 Å². The number of piperidine rings is 1. The van der Waals surface area contributed by atoms with E-state index in [9.17, 15) is 0 Å². The van der Waals surface area contributed by atoms with Crippen LogP contribution in [0.25, 0.3) is 0 Å². The smallest absolute Gasteiger partial charge is 0.146 e. The maximum atomic E-state index is 5.67. The van der Waals surface area contributed by atoms with Crippen LogP contribution in [-0.2, 0) is 4.74 Å². The van der Waals surface area contributed by atoms with Crippen molar-refractivity contribution in [2.75, 3.05) is 24.6 Å². The average molecular weight is 286 g/mol. The molecule has 1 atom stereocenters. The van der Waals surface area contributed by atoms with E-state index in [0.29, 0.717) is 6.10 Å². The van der Waals surface area contributed by atoms with Crippen LogP contribution in [0.15, 0.2) is 17.0 Å². The predicted molar refractivity (Wildman–Crippen MR) is 66.6 cm³/mol. The van der Waals surface area contributed by atoms with E-state index in [1.165, 1.54) is 0 Å². The minimum absolute atomic E-state index is 0.334. The van der Waals surface area contributed by atoms with E-state index in [4.69, 9.17) is 4.74 Å². The van der Waals surface area contributed by atoms with Crippen molar-refractivity contribution in [1.82, 2.24) is 9.97 Å². The van der Waals surface area contributed by atoms with E-state index in [-0.39, 0.29) is 0 Å². The lowest BCUT2D eigenvalue weighted by Gasteiger charge is -2.33. The molecule has 5 heteroatoms. The van der Waals surface area contributed by atoms with E-state index < -0.39 is 0 Å². The molecule has 1 fully saturated rings. The highest BCUT2D eigenvalue weighted by Crippen LogP contribution is 2.25. The number of hydrogen-bond donors (Lipinski definition) is 0. The van der Waals surface area contributed by atoms with Crippen molar-refractivity contribution in [3.05, 3.63) is 17.0 Å². The van der Waals surface area contributed by atoms with Crippen LogP contribution in [0.2, 0.25) is 0 Å². The molecule has 1 aliphatic rings. The summed E-state index contributed by atoms with van der Waals surface area (Å²) in [5.74, 6) is 0.972. The number of nitrogens with zero attached hydrogens (tertiary/aromatic N) is 3. The third-order valence-electron chi connectivity index (χ3n) is 2.73. The number of anilines is 1. The highest BCUT2D eigenvalue weighted by atomic mass is 79.9. The fourth-order valence-electron chi connectivity index (χ4n) is 2.04. The van der Waals surface area contributed by atoms with Gasteiger partial charge in [0, 0.05) is 25.9 Å². The summed E-state index contributed by atoms with van der Waals surface area (Å²) in [6, 6.07) is 0. The van der Waals surface area contributed by atoms with Crippen molar-refractivity contribution in [2.24, 2.45) is 0 Å². The van der Waals surface area contributed by atoms with Crippen LogP contribution < -0.4 is 4.90 Å². The first-order valence-corrected chi connectivity index (χ1v) is 6.42. The molecule has 1 aliphatic heterocycles. The summed E-state index contributed by atoms with van der Waals surface area (Å²) in [7, 11) is 0. The van der Waals surface area contributed by atoms with E-state index in [2.05, 4.69) is 30.8 Å². The summed E-state index contributed by atoms with van der Waals surface area (Å²) in [6.07, 6.45) is 6.01. The SMILES string of the molecule is CCOC1CCCN(c2ncncc2Br)C1. The van der Waals surface area contributed by atoms with Crippen molar-refractivity contribution >= 4 is 21.7 Å². The first-order chi connectivity index (χ1) is 7.81. The average Bonchev–Trinajstić information content (AvgIpc) is 2.30. The Bertz CT molecular complexity index is 346. The molecule has 0 aliphatic carbocycles. The number of hydrogen-bond acceptors (Lipinski definition) is 4. The summed E-state index contributed by atoms with van der Waals surface area (Å²) in [5.41, 5.74) is 0. The van der Waals surface area contributed by atoms with Gasteiger partial charge in [-0.25, -0.2) is 9.97 Å². The molecule has 1 aromatic rings. The third kappa shape index (κ3) is 2.71. The lowest BCUT2D eigenvalue weighted by Crippen LogP contribution is -2.40. The van der Waals surface area contributed by atoms with Crippen LogP contribution in [0.4, 0.5) is 5.82 Å². The van der Waals surface area contributed by atoms with Gasteiger partial charge in [-0.05, 0) is 35.7 Å². The van der Waals surface area contributed by atoms with Crippen molar-refractivity contribution in [3.8, 4) is 0 Å². The largest absolute Gasteiger partial charge is 0.377 e. The standard InChI is InChI=1S/C11H16BrN3O/c1-2-16-9-4-3-5-15(7-9)11-10(12)6-13-8-14-11/h6,8-9H,2-5,7H2,1H3. The fraction of sp³-hybridized carbons (Fsp3) is 0.636. The molecule has 0 amide bonds. The lowest BCUT2D eigenvalue weighted by molar-refractivity contribution is 0.0525. The topological polar surface area (TPSA) is 38.2 Å². The maximum absolute atomic E-state index is 5.67.